The first kappa shape index (κ1) is 15.1. The van der Waals surface area contributed by atoms with Gasteiger partial charge in [-0.3, -0.25) is 4.79 Å². The van der Waals surface area contributed by atoms with E-state index in [1.165, 1.54) is 4.88 Å². The maximum absolute atomic E-state index is 11.8. The molecule has 1 atom stereocenters. The van der Waals surface area contributed by atoms with E-state index in [9.17, 15) is 4.79 Å². The lowest BCUT2D eigenvalue weighted by Gasteiger charge is -2.18. The molecule has 0 aromatic carbocycles. The van der Waals surface area contributed by atoms with Gasteiger partial charge in [0.05, 0.1) is 6.04 Å². The second-order valence-electron chi connectivity index (χ2n) is 5.30. The van der Waals surface area contributed by atoms with Gasteiger partial charge in [-0.15, -0.1) is 11.3 Å². The van der Waals surface area contributed by atoms with E-state index in [2.05, 4.69) is 17.2 Å². The molecule has 1 amide bonds. The third-order valence-electron chi connectivity index (χ3n) is 2.66. The molecule has 1 aromatic rings. The van der Waals surface area contributed by atoms with E-state index in [0.717, 1.165) is 11.4 Å². The monoisotopic (exact) mass is 269 g/mol. The van der Waals surface area contributed by atoms with Gasteiger partial charge in [0.2, 0.25) is 5.91 Å². The molecule has 3 N–H and O–H groups in total. The van der Waals surface area contributed by atoms with Crippen LogP contribution in [-0.4, -0.2) is 16.4 Å². The van der Waals surface area contributed by atoms with Crippen molar-refractivity contribution in [3.63, 3.8) is 0 Å². The van der Waals surface area contributed by atoms with Crippen molar-refractivity contribution in [2.24, 2.45) is 5.73 Å². The fraction of sp³-hybridized carbons (Fsp3) is 0.692. The Morgan fingerprint density at radius 2 is 2.28 bits per heavy atom. The minimum atomic E-state index is -0.295. The van der Waals surface area contributed by atoms with Crippen molar-refractivity contribution in [1.82, 2.24) is 10.3 Å². The molecule has 0 fully saturated rings. The van der Waals surface area contributed by atoms with Gasteiger partial charge in [-0.2, -0.15) is 0 Å². The van der Waals surface area contributed by atoms with Gasteiger partial charge in [0.25, 0.3) is 0 Å². The molecule has 0 bridgehead atoms. The zero-order chi connectivity index (χ0) is 13.8. The number of nitrogens with two attached hydrogens (primary N) is 1. The molecule has 0 aliphatic heterocycles. The van der Waals surface area contributed by atoms with Gasteiger partial charge in [-0.05, 0) is 33.6 Å². The Hall–Kier alpha value is -0.940. The number of amides is 1. The van der Waals surface area contributed by atoms with Crippen molar-refractivity contribution in [3.8, 4) is 0 Å². The summed E-state index contributed by atoms with van der Waals surface area (Å²) in [7, 11) is 0. The maximum Gasteiger partial charge on any atom is 0.220 e. The summed E-state index contributed by atoms with van der Waals surface area (Å²) in [6, 6.07) is -0.0244. The summed E-state index contributed by atoms with van der Waals surface area (Å²) in [5, 5.41) is 3.92. The lowest BCUT2D eigenvalue weighted by Crippen LogP contribution is -2.35. The van der Waals surface area contributed by atoms with E-state index in [-0.39, 0.29) is 17.5 Å². The molecule has 0 aliphatic carbocycles. The van der Waals surface area contributed by atoms with E-state index in [4.69, 9.17) is 5.73 Å². The number of nitrogens with zero attached hydrogens (tertiary/aromatic N) is 1. The van der Waals surface area contributed by atoms with Crippen LogP contribution >= 0.6 is 11.3 Å². The number of nitrogens with one attached hydrogen (secondary N) is 1. The Balaban J connectivity index is 2.44. The number of aromatic nitrogens is 1. The van der Waals surface area contributed by atoms with Gasteiger partial charge in [0, 0.05) is 23.0 Å². The smallest absolute Gasteiger partial charge is 0.220 e. The summed E-state index contributed by atoms with van der Waals surface area (Å²) in [6.45, 7) is 7.92. The lowest BCUT2D eigenvalue weighted by atomic mass is 10.00. The quantitative estimate of drug-likeness (QED) is 0.833. The molecule has 1 aromatic heterocycles. The normalized spacial score (nSPS) is 13.4. The predicted molar refractivity (Wildman–Crippen MR) is 75.6 cm³/mol. The minimum Gasteiger partial charge on any atom is -0.347 e. The van der Waals surface area contributed by atoms with E-state index < -0.39 is 0 Å². The van der Waals surface area contributed by atoms with Crippen LogP contribution in [0.5, 0.6) is 0 Å². The van der Waals surface area contributed by atoms with E-state index >= 15 is 0 Å². The molecule has 0 aliphatic rings. The number of carbonyl (C=O) groups excluding carboxylic acids is 1. The summed E-state index contributed by atoms with van der Waals surface area (Å²) in [6.07, 6.45) is 4.01. The molecule has 1 rings (SSSR count). The van der Waals surface area contributed by atoms with Gasteiger partial charge < -0.3 is 11.1 Å². The zero-order valence-electron chi connectivity index (χ0n) is 11.6. The first-order chi connectivity index (χ1) is 8.31. The molecule has 1 unspecified atom stereocenters. The number of thiazole rings is 1. The SMILES string of the molecule is CCc1cnc(C(C)NC(=O)CCC(C)(C)N)s1. The Morgan fingerprint density at radius 3 is 2.78 bits per heavy atom. The first-order valence-electron chi connectivity index (χ1n) is 6.34. The van der Waals surface area contributed by atoms with Crippen LogP contribution in [0, 0.1) is 0 Å². The van der Waals surface area contributed by atoms with Gasteiger partial charge >= 0.3 is 0 Å². The first-order valence-corrected chi connectivity index (χ1v) is 7.16. The third-order valence-corrected chi connectivity index (χ3v) is 3.99. The molecule has 0 radical (unpaired) electrons. The summed E-state index contributed by atoms with van der Waals surface area (Å²) >= 11 is 1.66. The highest BCUT2D eigenvalue weighted by atomic mass is 32.1. The second kappa shape index (κ2) is 6.29. The average Bonchev–Trinajstić information content (AvgIpc) is 2.74. The summed E-state index contributed by atoms with van der Waals surface area (Å²) in [5.74, 6) is 0.0364. The van der Waals surface area contributed by atoms with Crippen LogP contribution in [0.25, 0.3) is 0 Å². The van der Waals surface area contributed by atoms with Crippen molar-refractivity contribution < 1.29 is 4.79 Å². The highest BCUT2D eigenvalue weighted by Crippen LogP contribution is 2.20. The Kier molecular flexibility index (Phi) is 5.28. The Labute approximate surface area is 113 Å². The van der Waals surface area contributed by atoms with Crippen LogP contribution in [0.2, 0.25) is 0 Å². The molecule has 0 saturated heterocycles. The minimum absolute atomic E-state index is 0.0244. The molecule has 0 saturated carbocycles. The molecule has 0 spiro atoms. The number of hydrogen-bond donors (Lipinski definition) is 2. The molecule has 4 nitrogen and oxygen atoms in total. The summed E-state index contributed by atoms with van der Waals surface area (Å²) < 4.78 is 0. The van der Waals surface area contributed by atoms with Crippen molar-refractivity contribution >= 4 is 17.2 Å². The van der Waals surface area contributed by atoms with Gasteiger partial charge in [0.15, 0.2) is 0 Å². The van der Waals surface area contributed by atoms with E-state index in [1.807, 2.05) is 27.0 Å². The van der Waals surface area contributed by atoms with E-state index in [0.29, 0.717) is 12.8 Å². The molecular weight excluding hydrogens is 246 g/mol. The van der Waals surface area contributed by atoms with Gasteiger partial charge in [-0.25, -0.2) is 4.98 Å². The molecule has 102 valence electrons. The largest absolute Gasteiger partial charge is 0.347 e. The third kappa shape index (κ3) is 5.14. The molecule has 5 heteroatoms. The van der Waals surface area contributed by atoms with E-state index in [1.54, 1.807) is 11.3 Å². The van der Waals surface area contributed by atoms with Crippen molar-refractivity contribution in [2.75, 3.05) is 0 Å². The van der Waals surface area contributed by atoms with Crippen LogP contribution < -0.4 is 11.1 Å². The second-order valence-corrected chi connectivity index (χ2v) is 6.44. The Morgan fingerprint density at radius 1 is 1.61 bits per heavy atom. The molecular formula is C13H23N3OS. The molecule has 18 heavy (non-hydrogen) atoms. The summed E-state index contributed by atoms with van der Waals surface area (Å²) in [5.41, 5.74) is 5.56. The van der Waals surface area contributed by atoms with Crippen molar-refractivity contribution in [3.05, 3.63) is 16.1 Å². The standard InChI is InChI=1S/C13H23N3OS/c1-5-10-8-15-12(18-10)9(2)16-11(17)6-7-13(3,4)14/h8-9H,5-7,14H2,1-4H3,(H,16,17). The van der Waals surface area contributed by atoms with Crippen LogP contribution in [0.3, 0.4) is 0 Å². The fourth-order valence-electron chi connectivity index (χ4n) is 1.50. The van der Waals surface area contributed by atoms with Crippen molar-refractivity contribution in [2.45, 2.75) is 58.5 Å². The highest BCUT2D eigenvalue weighted by molar-refractivity contribution is 7.11. The number of rotatable bonds is 6. The predicted octanol–water partition coefficient (Wildman–Crippen LogP) is 2.40. The van der Waals surface area contributed by atoms with Crippen LogP contribution in [0.4, 0.5) is 0 Å². The lowest BCUT2D eigenvalue weighted by molar-refractivity contribution is -0.122. The highest BCUT2D eigenvalue weighted by Gasteiger charge is 2.16. The number of aryl methyl sites for hydroxylation is 1. The maximum atomic E-state index is 11.8. The summed E-state index contributed by atoms with van der Waals surface area (Å²) in [4.78, 5) is 17.3. The Bertz CT molecular complexity index is 395. The van der Waals surface area contributed by atoms with Crippen LogP contribution in [0.1, 0.15) is 56.5 Å². The zero-order valence-corrected chi connectivity index (χ0v) is 12.4. The van der Waals surface area contributed by atoms with Gasteiger partial charge in [0.1, 0.15) is 5.01 Å². The average molecular weight is 269 g/mol. The van der Waals surface area contributed by atoms with Crippen LogP contribution in [-0.2, 0) is 11.2 Å². The molecule has 1 heterocycles. The number of hydrogen-bond acceptors (Lipinski definition) is 4. The van der Waals surface area contributed by atoms with Crippen molar-refractivity contribution in [1.29, 1.82) is 0 Å². The number of carbonyl (C=O) groups is 1. The topological polar surface area (TPSA) is 68.0 Å². The fourth-order valence-corrected chi connectivity index (χ4v) is 2.36. The van der Waals surface area contributed by atoms with Crippen LogP contribution in [0.15, 0.2) is 6.20 Å². The van der Waals surface area contributed by atoms with Gasteiger partial charge in [-0.1, -0.05) is 6.92 Å².